The summed E-state index contributed by atoms with van der Waals surface area (Å²) in [5.41, 5.74) is 7.66. The zero-order valence-corrected chi connectivity index (χ0v) is 10.5. The molecule has 2 rings (SSSR count). The fraction of sp³-hybridized carbons (Fsp3) is 0.538. The van der Waals surface area contributed by atoms with Gasteiger partial charge in [-0.15, -0.1) is 0 Å². The van der Waals surface area contributed by atoms with Gasteiger partial charge in [0, 0.05) is 50.6 Å². The van der Waals surface area contributed by atoms with Crippen LogP contribution in [0, 0.1) is 0 Å². The lowest BCUT2D eigenvalue weighted by molar-refractivity contribution is 0.158. The molecule has 0 amide bonds. The lowest BCUT2D eigenvalue weighted by atomic mass is 10.3. The number of nitrogens with zero attached hydrogens (tertiary/aromatic N) is 2. The first kappa shape index (κ1) is 12.2. The molecule has 0 bridgehead atoms. The number of hydrogen-bond acceptors (Lipinski definition) is 4. The number of nitrogen functional groups attached to an aromatic ring is 1. The van der Waals surface area contributed by atoms with Crippen LogP contribution in [-0.2, 0) is 0 Å². The Balaban J connectivity index is 1.69. The molecule has 1 aliphatic rings. The van der Waals surface area contributed by atoms with E-state index in [0.717, 1.165) is 24.5 Å². The lowest BCUT2D eigenvalue weighted by Gasteiger charge is -2.32. The van der Waals surface area contributed by atoms with Crippen molar-refractivity contribution in [2.45, 2.75) is 0 Å². The van der Waals surface area contributed by atoms with Crippen LogP contribution in [-0.4, -0.2) is 56.1 Å². The van der Waals surface area contributed by atoms with Crippen LogP contribution in [0.3, 0.4) is 0 Å². The molecule has 3 N–H and O–H groups in total. The Morgan fingerprint density at radius 2 is 2.00 bits per heavy atom. The predicted octanol–water partition coefficient (Wildman–Crippen LogP) is 0.928. The van der Waals surface area contributed by atoms with E-state index in [0.29, 0.717) is 0 Å². The first-order valence-corrected chi connectivity index (χ1v) is 6.24. The summed E-state index contributed by atoms with van der Waals surface area (Å²) in [6, 6.07) is 7.92. The van der Waals surface area contributed by atoms with E-state index in [1.807, 2.05) is 18.2 Å². The van der Waals surface area contributed by atoms with E-state index in [1.165, 1.54) is 26.2 Å². The van der Waals surface area contributed by atoms with Gasteiger partial charge in [-0.25, -0.2) is 0 Å². The number of nitrogens with one attached hydrogen (secondary N) is 1. The van der Waals surface area contributed by atoms with Crippen LogP contribution < -0.4 is 11.1 Å². The lowest BCUT2D eigenvalue weighted by Crippen LogP contribution is -2.45. The SMILES string of the molecule is CN1CCN(CCNc2cccc(N)c2)CC1. The maximum atomic E-state index is 5.73. The largest absolute Gasteiger partial charge is 0.399 e. The summed E-state index contributed by atoms with van der Waals surface area (Å²) in [4.78, 5) is 4.88. The van der Waals surface area contributed by atoms with Crippen molar-refractivity contribution in [2.75, 3.05) is 57.4 Å². The van der Waals surface area contributed by atoms with Gasteiger partial charge in [0.05, 0.1) is 0 Å². The molecule has 0 spiro atoms. The minimum atomic E-state index is 0.814. The molecular weight excluding hydrogens is 212 g/mol. The third kappa shape index (κ3) is 3.91. The first-order valence-electron chi connectivity index (χ1n) is 6.24. The molecule has 1 aliphatic heterocycles. The Morgan fingerprint density at radius 3 is 2.71 bits per heavy atom. The van der Waals surface area contributed by atoms with Crippen LogP contribution in [0.4, 0.5) is 11.4 Å². The van der Waals surface area contributed by atoms with Gasteiger partial charge in [0.15, 0.2) is 0 Å². The van der Waals surface area contributed by atoms with E-state index in [1.54, 1.807) is 0 Å². The van der Waals surface area contributed by atoms with Crippen molar-refractivity contribution >= 4 is 11.4 Å². The smallest absolute Gasteiger partial charge is 0.0361 e. The van der Waals surface area contributed by atoms with Crippen LogP contribution in [0.2, 0.25) is 0 Å². The molecular formula is C13H22N4. The second-order valence-corrected chi connectivity index (χ2v) is 4.70. The van der Waals surface area contributed by atoms with Crippen molar-refractivity contribution in [3.05, 3.63) is 24.3 Å². The zero-order valence-electron chi connectivity index (χ0n) is 10.5. The molecule has 1 heterocycles. The van der Waals surface area contributed by atoms with E-state index in [-0.39, 0.29) is 0 Å². The van der Waals surface area contributed by atoms with Gasteiger partial charge in [-0.2, -0.15) is 0 Å². The summed E-state index contributed by atoms with van der Waals surface area (Å²) in [7, 11) is 2.18. The van der Waals surface area contributed by atoms with Crippen LogP contribution in [0.1, 0.15) is 0 Å². The van der Waals surface area contributed by atoms with E-state index in [9.17, 15) is 0 Å². The molecule has 1 fully saturated rings. The molecule has 0 unspecified atom stereocenters. The number of rotatable bonds is 4. The summed E-state index contributed by atoms with van der Waals surface area (Å²) < 4.78 is 0. The summed E-state index contributed by atoms with van der Waals surface area (Å²) in [5, 5.41) is 3.41. The fourth-order valence-corrected chi connectivity index (χ4v) is 2.08. The molecule has 1 aromatic rings. The third-order valence-electron chi connectivity index (χ3n) is 3.24. The van der Waals surface area contributed by atoms with Crippen molar-refractivity contribution in [3.8, 4) is 0 Å². The van der Waals surface area contributed by atoms with Gasteiger partial charge in [-0.1, -0.05) is 6.07 Å². The molecule has 0 saturated carbocycles. The van der Waals surface area contributed by atoms with Gasteiger partial charge in [0.2, 0.25) is 0 Å². The maximum absolute atomic E-state index is 5.73. The Labute approximate surface area is 103 Å². The Kier molecular flexibility index (Phi) is 4.23. The number of nitrogens with two attached hydrogens (primary N) is 1. The Bertz CT molecular complexity index is 345. The van der Waals surface area contributed by atoms with Gasteiger partial charge >= 0.3 is 0 Å². The number of anilines is 2. The van der Waals surface area contributed by atoms with Crippen molar-refractivity contribution in [3.63, 3.8) is 0 Å². The summed E-state index contributed by atoms with van der Waals surface area (Å²) >= 11 is 0. The van der Waals surface area contributed by atoms with Crippen molar-refractivity contribution in [1.82, 2.24) is 9.80 Å². The molecule has 1 saturated heterocycles. The number of piperazine rings is 1. The summed E-state index contributed by atoms with van der Waals surface area (Å²) in [5.74, 6) is 0. The van der Waals surface area contributed by atoms with Crippen LogP contribution in [0.5, 0.6) is 0 Å². The number of hydrogen-bond donors (Lipinski definition) is 2. The van der Waals surface area contributed by atoms with Crippen molar-refractivity contribution in [2.24, 2.45) is 0 Å². The highest BCUT2D eigenvalue weighted by Gasteiger charge is 2.12. The average molecular weight is 234 g/mol. The van der Waals surface area contributed by atoms with E-state index in [4.69, 9.17) is 5.73 Å². The van der Waals surface area contributed by atoms with Crippen molar-refractivity contribution in [1.29, 1.82) is 0 Å². The van der Waals surface area contributed by atoms with Crippen LogP contribution >= 0.6 is 0 Å². The van der Waals surface area contributed by atoms with Crippen molar-refractivity contribution < 1.29 is 0 Å². The second kappa shape index (κ2) is 5.89. The van der Waals surface area contributed by atoms with Gasteiger partial charge in [0.1, 0.15) is 0 Å². The Morgan fingerprint density at radius 1 is 1.24 bits per heavy atom. The summed E-state index contributed by atoms with van der Waals surface area (Å²) in [6.07, 6.45) is 0. The van der Waals surface area contributed by atoms with Crippen LogP contribution in [0.25, 0.3) is 0 Å². The summed E-state index contributed by atoms with van der Waals surface area (Å²) in [6.45, 7) is 6.79. The minimum Gasteiger partial charge on any atom is -0.399 e. The highest BCUT2D eigenvalue weighted by atomic mass is 15.2. The number of likely N-dealkylation sites (N-methyl/N-ethyl adjacent to an activating group) is 1. The molecule has 17 heavy (non-hydrogen) atoms. The molecule has 0 aromatic heterocycles. The highest BCUT2D eigenvalue weighted by molar-refractivity contribution is 5.53. The zero-order chi connectivity index (χ0) is 12.1. The quantitative estimate of drug-likeness (QED) is 0.761. The number of benzene rings is 1. The minimum absolute atomic E-state index is 0.814. The maximum Gasteiger partial charge on any atom is 0.0361 e. The van der Waals surface area contributed by atoms with Crippen LogP contribution in [0.15, 0.2) is 24.3 Å². The fourth-order valence-electron chi connectivity index (χ4n) is 2.08. The second-order valence-electron chi connectivity index (χ2n) is 4.70. The molecule has 0 radical (unpaired) electrons. The van der Waals surface area contributed by atoms with E-state index in [2.05, 4.69) is 28.2 Å². The predicted molar refractivity (Wildman–Crippen MR) is 73.3 cm³/mol. The normalized spacial score (nSPS) is 18.2. The van der Waals surface area contributed by atoms with E-state index >= 15 is 0 Å². The standard InChI is InChI=1S/C13H22N4/c1-16-7-9-17(10-8-16)6-5-15-13-4-2-3-12(14)11-13/h2-4,11,15H,5-10,14H2,1H3. The molecule has 94 valence electrons. The van der Waals surface area contributed by atoms with Gasteiger partial charge in [-0.3, -0.25) is 4.90 Å². The molecule has 1 aromatic carbocycles. The topological polar surface area (TPSA) is 44.5 Å². The monoisotopic (exact) mass is 234 g/mol. The first-order chi connectivity index (χ1) is 8.24. The van der Waals surface area contributed by atoms with Gasteiger partial charge in [0.25, 0.3) is 0 Å². The molecule has 0 atom stereocenters. The molecule has 0 aliphatic carbocycles. The third-order valence-corrected chi connectivity index (χ3v) is 3.24. The average Bonchev–Trinajstić information content (AvgIpc) is 2.32. The van der Waals surface area contributed by atoms with Gasteiger partial charge < -0.3 is 16.0 Å². The molecule has 4 nitrogen and oxygen atoms in total. The Hall–Kier alpha value is -1.26. The van der Waals surface area contributed by atoms with Gasteiger partial charge in [-0.05, 0) is 25.2 Å². The molecule has 4 heteroatoms. The van der Waals surface area contributed by atoms with E-state index < -0.39 is 0 Å². The highest BCUT2D eigenvalue weighted by Crippen LogP contribution is 2.11.